The SMILES string of the molecule is CC(=O)C1=C([O-])C(=O)N(c2ccc(C(=O)O)c(O)c2)[C@@H]1c1ccccc1. The van der Waals surface area contributed by atoms with Crippen molar-refractivity contribution in [2.75, 3.05) is 4.90 Å². The predicted molar refractivity (Wildman–Crippen MR) is 89.4 cm³/mol. The first kappa shape index (κ1) is 17.2. The Labute approximate surface area is 148 Å². The van der Waals surface area contributed by atoms with Crippen molar-refractivity contribution in [2.24, 2.45) is 0 Å². The molecule has 0 saturated carbocycles. The van der Waals surface area contributed by atoms with Crippen molar-refractivity contribution in [3.63, 3.8) is 0 Å². The fourth-order valence-corrected chi connectivity index (χ4v) is 3.02. The number of carbonyl (C=O) groups excluding carboxylic acids is 2. The van der Waals surface area contributed by atoms with Gasteiger partial charge in [-0.25, -0.2) is 4.79 Å². The summed E-state index contributed by atoms with van der Waals surface area (Å²) in [5.74, 6) is -4.21. The number of hydrogen-bond donors (Lipinski definition) is 2. The monoisotopic (exact) mass is 352 g/mol. The summed E-state index contributed by atoms with van der Waals surface area (Å²) in [5.41, 5.74) is 0.177. The molecular formula is C19H14NO6-. The third kappa shape index (κ3) is 2.69. The van der Waals surface area contributed by atoms with Crippen LogP contribution in [0, 0.1) is 0 Å². The molecule has 1 aliphatic heterocycles. The molecule has 0 aromatic heterocycles. The van der Waals surface area contributed by atoms with E-state index in [-0.39, 0.29) is 16.8 Å². The fraction of sp³-hybridized carbons (Fsp3) is 0.105. The van der Waals surface area contributed by atoms with Crippen LogP contribution in [-0.2, 0) is 9.59 Å². The van der Waals surface area contributed by atoms with Crippen LogP contribution in [-0.4, -0.2) is 27.9 Å². The number of aromatic carboxylic acids is 1. The Bertz CT molecular complexity index is 948. The van der Waals surface area contributed by atoms with Crippen molar-refractivity contribution in [3.05, 3.63) is 71.0 Å². The Morgan fingerprint density at radius 2 is 1.77 bits per heavy atom. The lowest BCUT2D eigenvalue weighted by atomic mass is 9.96. The van der Waals surface area contributed by atoms with Crippen LogP contribution in [0.5, 0.6) is 5.75 Å². The molecule has 0 radical (unpaired) electrons. The van der Waals surface area contributed by atoms with E-state index in [0.717, 1.165) is 17.0 Å². The molecule has 2 aromatic rings. The highest BCUT2D eigenvalue weighted by molar-refractivity contribution is 6.15. The molecule has 0 fully saturated rings. The maximum atomic E-state index is 12.5. The minimum Gasteiger partial charge on any atom is -0.868 e. The number of phenols is 1. The summed E-state index contributed by atoms with van der Waals surface area (Å²) in [6.07, 6.45) is 0. The zero-order chi connectivity index (χ0) is 19.0. The topological polar surface area (TPSA) is 118 Å². The van der Waals surface area contributed by atoms with Crippen LogP contribution in [0.25, 0.3) is 0 Å². The lowest BCUT2D eigenvalue weighted by Gasteiger charge is -2.27. The van der Waals surface area contributed by atoms with E-state index in [9.17, 15) is 24.6 Å². The van der Waals surface area contributed by atoms with Crippen molar-refractivity contribution in [3.8, 4) is 5.75 Å². The second-order valence-electron chi connectivity index (χ2n) is 5.79. The number of aromatic hydroxyl groups is 1. The summed E-state index contributed by atoms with van der Waals surface area (Å²) >= 11 is 0. The van der Waals surface area contributed by atoms with Crippen molar-refractivity contribution >= 4 is 23.3 Å². The summed E-state index contributed by atoms with van der Waals surface area (Å²) in [6, 6.07) is 11.1. The van der Waals surface area contributed by atoms with Gasteiger partial charge in [0.1, 0.15) is 11.3 Å². The summed E-state index contributed by atoms with van der Waals surface area (Å²) in [6.45, 7) is 1.21. The van der Waals surface area contributed by atoms with E-state index in [1.54, 1.807) is 30.3 Å². The second kappa shape index (κ2) is 6.36. The average Bonchev–Trinajstić information content (AvgIpc) is 2.87. The Balaban J connectivity index is 2.17. The van der Waals surface area contributed by atoms with Crippen LogP contribution < -0.4 is 10.0 Å². The van der Waals surface area contributed by atoms with Gasteiger partial charge in [0.2, 0.25) is 5.91 Å². The Hall–Kier alpha value is -3.61. The number of carbonyl (C=O) groups is 3. The van der Waals surface area contributed by atoms with Gasteiger partial charge in [-0.3, -0.25) is 14.5 Å². The molecule has 1 amide bonds. The molecule has 1 aliphatic rings. The molecule has 0 aliphatic carbocycles. The normalized spacial score (nSPS) is 16.9. The average molecular weight is 352 g/mol. The number of amides is 1. The Morgan fingerprint density at radius 1 is 1.12 bits per heavy atom. The lowest BCUT2D eigenvalue weighted by Crippen LogP contribution is -2.32. The number of Topliss-reactive ketones (excluding diaryl/α,β-unsaturated/α-hetero) is 1. The summed E-state index contributed by atoms with van der Waals surface area (Å²) < 4.78 is 0. The van der Waals surface area contributed by atoms with Gasteiger partial charge in [0, 0.05) is 17.3 Å². The van der Waals surface area contributed by atoms with E-state index in [1.165, 1.54) is 13.0 Å². The highest BCUT2D eigenvalue weighted by Gasteiger charge is 2.39. The molecule has 0 spiro atoms. The predicted octanol–water partition coefficient (Wildman–Crippen LogP) is 1.38. The third-order valence-electron chi connectivity index (χ3n) is 4.17. The van der Waals surface area contributed by atoms with Crippen LogP contribution >= 0.6 is 0 Å². The first-order valence-electron chi connectivity index (χ1n) is 7.70. The van der Waals surface area contributed by atoms with Crippen molar-refractivity contribution in [2.45, 2.75) is 13.0 Å². The Morgan fingerprint density at radius 3 is 2.31 bits per heavy atom. The summed E-state index contributed by atoms with van der Waals surface area (Å²) in [4.78, 5) is 36.7. The number of nitrogens with zero attached hydrogens (tertiary/aromatic N) is 1. The number of benzene rings is 2. The van der Waals surface area contributed by atoms with Gasteiger partial charge in [-0.2, -0.15) is 0 Å². The van der Waals surface area contributed by atoms with Gasteiger partial charge in [-0.15, -0.1) is 0 Å². The number of hydrogen-bond acceptors (Lipinski definition) is 5. The van der Waals surface area contributed by atoms with Gasteiger partial charge >= 0.3 is 5.97 Å². The molecule has 2 N–H and O–H groups in total. The maximum Gasteiger partial charge on any atom is 0.339 e. The lowest BCUT2D eigenvalue weighted by molar-refractivity contribution is -0.298. The molecule has 26 heavy (non-hydrogen) atoms. The van der Waals surface area contributed by atoms with Gasteiger partial charge in [-0.05, 0) is 30.4 Å². The van der Waals surface area contributed by atoms with Gasteiger partial charge in [0.05, 0.1) is 6.04 Å². The van der Waals surface area contributed by atoms with Crippen LogP contribution in [0.3, 0.4) is 0 Å². The van der Waals surface area contributed by atoms with Crippen LogP contribution in [0.15, 0.2) is 59.9 Å². The summed E-state index contributed by atoms with van der Waals surface area (Å²) in [5, 5.41) is 31.3. The molecular weight excluding hydrogens is 338 g/mol. The van der Waals surface area contributed by atoms with Crippen molar-refractivity contribution in [1.82, 2.24) is 0 Å². The zero-order valence-corrected chi connectivity index (χ0v) is 13.7. The van der Waals surface area contributed by atoms with E-state index < -0.39 is 35.2 Å². The second-order valence-corrected chi connectivity index (χ2v) is 5.79. The van der Waals surface area contributed by atoms with Gasteiger partial charge in [0.25, 0.3) is 0 Å². The van der Waals surface area contributed by atoms with Gasteiger partial charge in [0.15, 0.2) is 5.78 Å². The Kier molecular flexibility index (Phi) is 4.21. The van der Waals surface area contributed by atoms with E-state index in [1.807, 2.05) is 0 Å². The van der Waals surface area contributed by atoms with E-state index in [0.29, 0.717) is 5.56 Å². The number of carboxylic acid groups (broad SMARTS) is 1. The molecule has 2 aromatic carbocycles. The zero-order valence-electron chi connectivity index (χ0n) is 13.7. The molecule has 0 saturated heterocycles. The number of anilines is 1. The minimum absolute atomic E-state index is 0.121. The van der Waals surface area contributed by atoms with E-state index >= 15 is 0 Å². The van der Waals surface area contributed by atoms with Gasteiger partial charge < -0.3 is 15.3 Å². The highest BCUT2D eigenvalue weighted by Crippen LogP contribution is 2.41. The number of ketones is 1. The number of carboxylic acids is 1. The number of rotatable bonds is 4. The maximum absolute atomic E-state index is 12.5. The first-order valence-corrected chi connectivity index (χ1v) is 7.70. The molecule has 1 atom stereocenters. The quantitative estimate of drug-likeness (QED) is 0.858. The summed E-state index contributed by atoms with van der Waals surface area (Å²) in [7, 11) is 0. The minimum atomic E-state index is -1.33. The van der Waals surface area contributed by atoms with Gasteiger partial charge in [-0.1, -0.05) is 30.3 Å². The van der Waals surface area contributed by atoms with Crippen LogP contribution in [0.1, 0.15) is 28.9 Å². The third-order valence-corrected chi connectivity index (χ3v) is 4.17. The van der Waals surface area contributed by atoms with Crippen molar-refractivity contribution < 1.29 is 29.7 Å². The van der Waals surface area contributed by atoms with Crippen LogP contribution in [0.2, 0.25) is 0 Å². The first-order chi connectivity index (χ1) is 12.3. The smallest absolute Gasteiger partial charge is 0.339 e. The molecule has 3 rings (SSSR count). The fourth-order valence-electron chi connectivity index (χ4n) is 3.02. The molecule has 7 heteroatoms. The van der Waals surface area contributed by atoms with Crippen LogP contribution in [0.4, 0.5) is 5.69 Å². The largest absolute Gasteiger partial charge is 0.868 e. The van der Waals surface area contributed by atoms with E-state index in [2.05, 4.69) is 0 Å². The molecule has 0 unspecified atom stereocenters. The van der Waals surface area contributed by atoms with E-state index in [4.69, 9.17) is 5.11 Å². The highest BCUT2D eigenvalue weighted by atomic mass is 16.4. The molecule has 1 heterocycles. The molecule has 7 nitrogen and oxygen atoms in total. The standard InChI is InChI=1S/C19H15NO6/c1-10(21)15-16(11-5-3-2-4-6-11)20(18(24)17(15)23)12-7-8-13(19(25)26)14(22)9-12/h2-9,16,22-23H,1H3,(H,25,26)/p-1/t16-/m1/s1. The van der Waals surface area contributed by atoms with Crippen molar-refractivity contribution in [1.29, 1.82) is 0 Å². The molecule has 132 valence electrons. The molecule has 0 bridgehead atoms.